The first-order valence-electron chi connectivity index (χ1n) is 12.1. The number of methoxy groups -OCH3 is 4. The zero-order valence-corrected chi connectivity index (χ0v) is 21.5. The molecule has 196 valence electrons. The van der Waals surface area contributed by atoms with E-state index in [1.54, 1.807) is 14.2 Å². The van der Waals surface area contributed by atoms with E-state index in [4.69, 9.17) is 27.8 Å². The Morgan fingerprint density at radius 3 is 1.18 bits per heavy atom. The summed E-state index contributed by atoms with van der Waals surface area (Å²) in [6.45, 7) is 0. The van der Waals surface area contributed by atoms with E-state index in [1.807, 2.05) is 48.5 Å². The fourth-order valence-electron chi connectivity index (χ4n) is 5.58. The summed E-state index contributed by atoms with van der Waals surface area (Å²) >= 11 is 0. The fraction of sp³-hybridized carbons (Fsp3) is 0.267. The minimum absolute atomic E-state index is 0.148. The molecule has 2 aromatic carbocycles. The third kappa shape index (κ3) is 4.22. The largest absolute Gasteiger partial charge is 0.497 e. The van der Waals surface area contributed by atoms with Crippen LogP contribution in [-0.4, -0.2) is 28.4 Å². The zero-order chi connectivity index (χ0) is 26.8. The van der Waals surface area contributed by atoms with E-state index >= 15 is 0 Å². The lowest BCUT2D eigenvalue weighted by atomic mass is 9.51. The van der Waals surface area contributed by atoms with Crippen LogP contribution in [0.4, 0.5) is 0 Å². The third-order valence-electron chi connectivity index (χ3n) is 7.29. The van der Waals surface area contributed by atoms with Gasteiger partial charge in [-0.3, -0.25) is 9.59 Å². The average molecular weight is 517 g/mol. The molecule has 0 radical (unpaired) electrons. The van der Waals surface area contributed by atoms with Crippen molar-refractivity contribution in [3.63, 3.8) is 0 Å². The molecule has 1 aliphatic rings. The normalized spacial score (nSPS) is 20.3. The van der Waals surface area contributed by atoms with Gasteiger partial charge in [-0.1, -0.05) is 24.3 Å². The van der Waals surface area contributed by atoms with Crippen molar-refractivity contribution in [2.75, 3.05) is 28.4 Å². The number of rotatable bonds is 8. The summed E-state index contributed by atoms with van der Waals surface area (Å²) < 4.78 is 33.8. The molecule has 8 nitrogen and oxygen atoms in total. The minimum Gasteiger partial charge on any atom is -0.497 e. The highest BCUT2D eigenvalue weighted by molar-refractivity contribution is 5.50. The molecule has 1 fully saturated rings. The molecule has 0 spiro atoms. The molecule has 4 aromatic rings. The molecule has 0 bridgehead atoms. The van der Waals surface area contributed by atoms with Crippen molar-refractivity contribution >= 4 is 0 Å². The van der Waals surface area contributed by atoms with Gasteiger partial charge in [0.2, 0.25) is 22.4 Å². The van der Waals surface area contributed by atoms with E-state index in [0.29, 0.717) is 23.0 Å². The predicted octanol–water partition coefficient (Wildman–Crippen LogP) is 5.08. The maximum atomic E-state index is 12.8. The molecule has 0 aliphatic heterocycles. The molecule has 0 N–H and O–H groups in total. The second-order valence-corrected chi connectivity index (χ2v) is 9.01. The first-order valence-corrected chi connectivity index (χ1v) is 12.1. The summed E-state index contributed by atoms with van der Waals surface area (Å²) in [5.74, 6) is 1.38. The first kappa shape index (κ1) is 25.2. The molecule has 8 heteroatoms. The van der Waals surface area contributed by atoms with E-state index in [9.17, 15) is 9.59 Å². The molecule has 2 heterocycles. The smallest absolute Gasteiger partial charge is 0.227 e. The lowest BCUT2D eigenvalue weighted by molar-refractivity contribution is 0.161. The van der Waals surface area contributed by atoms with Gasteiger partial charge in [0, 0.05) is 35.8 Å². The van der Waals surface area contributed by atoms with Crippen molar-refractivity contribution in [2.45, 2.75) is 23.7 Å². The summed E-state index contributed by atoms with van der Waals surface area (Å²) in [6.07, 6.45) is 2.76. The van der Waals surface area contributed by atoms with Crippen LogP contribution < -0.4 is 29.8 Å². The van der Waals surface area contributed by atoms with Gasteiger partial charge in [0.15, 0.2) is 11.5 Å². The molecule has 1 aliphatic carbocycles. The monoisotopic (exact) mass is 516 g/mol. The highest BCUT2D eigenvalue weighted by atomic mass is 16.5. The van der Waals surface area contributed by atoms with Crippen LogP contribution in [-0.2, 0) is 0 Å². The third-order valence-corrected chi connectivity index (χ3v) is 7.29. The summed E-state index contributed by atoms with van der Waals surface area (Å²) in [5.41, 5.74) is 1.35. The van der Waals surface area contributed by atoms with Crippen molar-refractivity contribution in [3.8, 4) is 23.0 Å². The molecule has 38 heavy (non-hydrogen) atoms. The van der Waals surface area contributed by atoms with Gasteiger partial charge in [0.25, 0.3) is 0 Å². The fourth-order valence-corrected chi connectivity index (χ4v) is 5.58. The van der Waals surface area contributed by atoms with Gasteiger partial charge in [-0.25, -0.2) is 0 Å². The van der Waals surface area contributed by atoms with Gasteiger partial charge >= 0.3 is 0 Å². The van der Waals surface area contributed by atoms with Crippen LogP contribution in [0.25, 0.3) is 0 Å². The minimum atomic E-state index is -0.333. The molecular weight excluding hydrogens is 488 g/mol. The topological polar surface area (TPSA) is 97.3 Å². The van der Waals surface area contributed by atoms with Crippen molar-refractivity contribution in [3.05, 3.63) is 116 Å². The van der Waals surface area contributed by atoms with Crippen molar-refractivity contribution in [1.29, 1.82) is 0 Å². The Hall–Kier alpha value is -4.46. The Balaban J connectivity index is 1.77. The van der Waals surface area contributed by atoms with Gasteiger partial charge < -0.3 is 27.8 Å². The number of ether oxygens (including phenoxy) is 4. The lowest BCUT2D eigenvalue weighted by Crippen LogP contribution is -2.41. The van der Waals surface area contributed by atoms with Crippen molar-refractivity contribution in [2.24, 2.45) is 0 Å². The van der Waals surface area contributed by atoms with Crippen LogP contribution in [0, 0.1) is 0 Å². The Bertz CT molecular complexity index is 1390. The number of hydrogen-bond donors (Lipinski definition) is 0. The number of hydrogen-bond acceptors (Lipinski definition) is 8. The van der Waals surface area contributed by atoms with E-state index in [2.05, 4.69) is 0 Å². The second-order valence-electron chi connectivity index (χ2n) is 9.01. The summed E-state index contributed by atoms with van der Waals surface area (Å²) in [5, 5.41) is 0. The molecule has 1 saturated carbocycles. The van der Waals surface area contributed by atoms with Crippen LogP contribution in [0.2, 0.25) is 0 Å². The highest BCUT2D eigenvalue weighted by Crippen LogP contribution is 2.68. The lowest BCUT2D eigenvalue weighted by Gasteiger charge is -2.51. The standard InChI is InChI=1S/C30H28O8/c1-33-19-9-5-17(6-10-19)23-25(29-27(35-3)21(31)13-15-37-29)24(18-7-11-20(34-2)12-8-18)26(23)30-28(36-4)22(32)14-16-38-30/h5-16,23-26H,1-4H3. The van der Waals surface area contributed by atoms with E-state index in [-0.39, 0.29) is 46.0 Å². The molecule has 0 unspecified atom stereocenters. The van der Waals surface area contributed by atoms with Crippen molar-refractivity contribution in [1.82, 2.24) is 0 Å². The van der Waals surface area contributed by atoms with Gasteiger partial charge in [0.1, 0.15) is 11.5 Å². The molecule has 5 rings (SSSR count). The summed E-state index contributed by atoms with van der Waals surface area (Å²) in [7, 11) is 6.12. The SMILES string of the molecule is COc1ccc(C2C(c3occc(=O)c3OC)C(c3ccc(OC)cc3)C2c2occc(=O)c2OC)cc1. The zero-order valence-electron chi connectivity index (χ0n) is 21.5. The molecular formula is C30H28O8. The van der Waals surface area contributed by atoms with E-state index < -0.39 is 0 Å². The van der Waals surface area contributed by atoms with E-state index in [0.717, 1.165) is 11.1 Å². The Kier molecular flexibility index (Phi) is 6.96. The predicted molar refractivity (Wildman–Crippen MR) is 140 cm³/mol. The Labute approximate surface area is 219 Å². The maximum absolute atomic E-state index is 12.8. The van der Waals surface area contributed by atoms with E-state index in [1.165, 1.54) is 38.9 Å². The van der Waals surface area contributed by atoms with Crippen LogP contribution in [0.3, 0.4) is 0 Å². The molecule has 0 amide bonds. The first-order chi connectivity index (χ1) is 18.5. The van der Waals surface area contributed by atoms with Crippen LogP contribution >= 0.6 is 0 Å². The quantitative estimate of drug-likeness (QED) is 0.320. The number of benzene rings is 2. The van der Waals surface area contributed by atoms with Crippen molar-refractivity contribution < 1.29 is 27.8 Å². The molecule has 0 saturated heterocycles. The highest BCUT2D eigenvalue weighted by Gasteiger charge is 2.57. The van der Waals surface area contributed by atoms with Crippen LogP contribution in [0.1, 0.15) is 46.3 Å². The van der Waals surface area contributed by atoms with Gasteiger partial charge in [-0.15, -0.1) is 0 Å². The van der Waals surface area contributed by atoms with Gasteiger partial charge in [-0.05, 0) is 35.4 Å². The Morgan fingerprint density at radius 1 is 0.500 bits per heavy atom. The molecule has 2 aromatic heterocycles. The van der Waals surface area contributed by atoms with Gasteiger partial charge in [-0.2, -0.15) is 0 Å². The van der Waals surface area contributed by atoms with Gasteiger partial charge in [0.05, 0.1) is 41.0 Å². The maximum Gasteiger partial charge on any atom is 0.227 e. The second kappa shape index (κ2) is 10.5. The average Bonchev–Trinajstić information content (AvgIpc) is 2.93. The Morgan fingerprint density at radius 2 is 0.868 bits per heavy atom. The summed E-state index contributed by atoms with van der Waals surface area (Å²) in [6, 6.07) is 18.0. The van der Waals surface area contributed by atoms with Crippen LogP contribution in [0.5, 0.6) is 23.0 Å². The summed E-state index contributed by atoms with van der Waals surface area (Å²) in [4.78, 5) is 25.5. The van der Waals surface area contributed by atoms with Crippen LogP contribution in [0.15, 0.2) is 91.6 Å². The molecule has 0 atom stereocenters.